The normalized spacial score (nSPS) is 20.1. The van der Waals surface area contributed by atoms with Crippen molar-refractivity contribution in [3.8, 4) is 0 Å². The predicted molar refractivity (Wildman–Crippen MR) is 96.5 cm³/mol. The topological polar surface area (TPSA) is 116 Å². The van der Waals surface area contributed by atoms with E-state index in [2.05, 4.69) is 10.1 Å². The number of carboxylic acids is 2. The molecule has 2 aromatic rings. The summed E-state index contributed by atoms with van der Waals surface area (Å²) < 4.78 is 23.7. The molecule has 2 saturated heterocycles. The number of aromatic nitrogens is 1. The average molecular weight is 392 g/mol. The number of aliphatic carboxylic acids is 2. The summed E-state index contributed by atoms with van der Waals surface area (Å²) in [7, 11) is 0. The van der Waals surface area contributed by atoms with Crippen molar-refractivity contribution < 1.29 is 33.5 Å². The second kappa shape index (κ2) is 8.94. The number of hydrogen-bond donors (Lipinski definition) is 2. The Morgan fingerprint density at radius 2 is 1.86 bits per heavy atom. The molecule has 0 saturated carbocycles. The number of carboxylic acid groups (broad SMARTS) is 2. The molecule has 0 amide bonds. The van der Waals surface area contributed by atoms with Gasteiger partial charge in [0.05, 0.1) is 18.4 Å². The smallest absolute Gasteiger partial charge is 0.328 e. The van der Waals surface area contributed by atoms with Crippen molar-refractivity contribution in [1.82, 2.24) is 10.1 Å². The summed E-state index contributed by atoms with van der Waals surface area (Å²) in [5.74, 6) is -2.38. The Hall–Kier alpha value is -2.78. The molecule has 1 aromatic carbocycles. The number of fused-ring (bicyclic) bond motifs is 1. The van der Waals surface area contributed by atoms with Gasteiger partial charge in [0.25, 0.3) is 0 Å². The lowest BCUT2D eigenvalue weighted by Crippen LogP contribution is -2.35. The fraction of sp³-hybridized carbons (Fsp3) is 0.421. The fourth-order valence-electron chi connectivity index (χ4n) is 3.22. The van der Waals surface area contributed by atoms with Crippen molar-refractivity contribution in [3.63, 3.8) is 0 Å². The highest BCUT2D eigenvalue weighted by atomic mass is 19.1. The van der Waals surface area contributed by atoms with Gasteiger partial charge in [0.2, 0.25) is 0 Å². The molecule has 28 heavy (non-hydrogen) atoms. The fourth-order valence-corrected chi connectivity index (χ4v) is 3.22. The maximum absolute atomic E-state index is 13.2. The molecule has 150 valence electrons. The van der Waals surface area contributed by atoms with Crippen LogP contribution in [0.15, 0.2) is 34.9 Å². The standard InChI is InChI=1S/C15H17FN2O2.C4H4O4/c16-11-1-2-13-14(7-11)20-17-15(13)10-3-5-18(6-4-10)8-12-9-19-12;5-3(6)1-2-4(7)8/h1-2,7,10,12H,3-6,8-9H2;1-2H,(H,5,6)(H,7,8). The average Bonchev–Trinajstić information content (AvgIpc) is 3.38. The molecule has 1 aromatic heterocycles. The lowest BCUT2D eigenvalue weighted by molar-refractivity contribution is -0.134. The van der Waals surface area contributed by atoms with Crippen LogP contribution in [0.5, 0.6) is 0 Å². The first-order chi connectivity index (χ1) is 13.4. The van der Waals surface area contributed by atoms with Gasteiger partial charge in [0.1, 0.15) is 5.82 Å². The Balaban J connectivity index is 0.000000242. The van der Waals surface area contributed by atoms with E-state index in [1.165, 1.54) is 12.1 Å². The molecule has 0 spiro atoms. The number of rotatable bonds is 5. The summed E-state index contributed by atoms with van der Waals surface area (Å²) in [6, 6.07) is 4.66. The van der Waals surface area contributed by atoms with Gasteiger partial charge in [-0.15, -0.1) is 0 Å². The van der Waals surface area contributed by atoms with E-state index < -0.39 is 11.9 Å². The van der Waals surface area contributed by atoms with Crippen molar-refractivity contribution in [2.45, 2.75) is 24.9 Å². The van der Waals surface area contributed by atoms with Crippen LogP contribution in [0.25, 0.3) is 11.0 Å². The Bertz CT molecular complexity index is 852. The summed E-state index contributed by atoms with van der Waals surface area (Å²) >= 11 is 0. The lowest BCUT2D eigenvalue weighted by atomic mass is 9.91. The van der Waals surface area contributed by atoms with E-state index in [4.69, 9.17) is 19.5 Å². The molecule has 1 atom stereocenters. The van der Waals surface area contributed by atoms with Crippen LogP contribution < -0.4 is 0 Å². The lowest BCUT2D eigenvalue weighted by Gasteiger charge is -2.30. The zero-order chi connectivity index (χ0) is 20.1. The Morgan fingerprint density at radius 1 is 1.21 bits per heavy atom. The van der Waals surface area contributed by atoms with Crippen LogP contribution in [0.4, 0.5) is 4.39 Å². The highest BCUT2D eigenvalue weighted by Crippen LogP contribution is 2.33. The maximum Gasteiger partial charge on any atom is 0.328 e. The van der Waals surface area contributed by atoms with Gasteiger partial charge in [-0.1, -0.05) is 5.16 Å². The summed E-state index contributed by atoms with van der Waals surface area (Å²) in [4.78, 5) is 21.6. The first-order valence-corrected chi connectivity index (χ1v) is 8.95. The van der Waals surface area contributed by atoms with Crippen LogP contribution in [0.3, 0.4) is 0 Å². The molecule has 9 heteroatoms. The number of piperidine rings is 1. The Labute approximate surface area is 160 Å². The molecule has 2 fully saturated rings. The molecule has 4 rings (SSSR count). The van der Waals surface area contributed by atoms with Crippen LogP contribution in [0.1, 0.15) is 24.5 Å². The molecule has 2 aliphatic heterocycles. The van der Waals surface area contributed by atoms with Crippen molar-refractivity contribution in [2.75, 3.05) is 26.2 Å². The minimum Gasteiger partial charge on any atom is -0.478 e. The van der Waals surface area contributed by atoms with Gasteiger partial charge < -0.3 is 24.4 Å². The first kappa shape index (κ1) is 20.0. The summed E-state index contributed by atoms with van der Waals surface area (Å²) in [6.07, 6.45) is 3.73. The van der Waals surface area contributed by atoms with Gasteiger partial charge in [-0.25, -0.2) is 14.0 Å². The van der Waals surface area contributed by atoms with E-state index in [9.17, 15) is 14.0 Å². The molecule has 8 nitrogen and oxygen atoms in total. The maximum atomic E-state index is 13.2. The molecule has 1 unspecified atom stereocenters. The van der Waals surface area contributed by atoms with E-state index in [0.717, 1.165) is 50.2 Å². The zero-order valence-electron chi connectivity index (χ0n) is 15.1. The molecule has 2 N–H and O–H groups in total. The van der Waals surface area contributed by atoms with Crippen LogP contribution in [-0.2, 0) is 14.3 Å². The monoisotopic (exact) mass is 392 g/mol. The second-order valence-electron chi connectivity index (χ2n) is 6.75. The van der Waals surface area contributed by atoms with Crippen LogP contribution in [0.2, 0.25) is 0 Å². The van der Waals surface area contributed by atoms with Gasteiger partial charge in [0, 0.05) is 36.1 Å². The van der Waals surface area contributed by atoms with Crippen molar-refractivity contribution >= 4 is 22.9 Å². The number of nitrogens with zero attached hydrogens (tertiary/aromatic N) is 2. The van der Waals surface area contributed by atoms with E-state index in [0.29, 0.717) is 29.8 Å². The van der Waals surface area contributed by atoms with Crippen molar-refractivity contribution in [2.24, 2.45) is 0 Å². The third-order valence-corrected chi connectivity index (χ3v) is 4.67. The van der Waals surface area contributed by atoms with Gasteiger partial charge in [-0.3, -0.25) is 0 Å². The van der Waals surface area contributed by atoms with Crippen LogP contribution in [-0.4, -0.2) is 64.6 Å². The molecule has 0 aliphatic carbocycles. The number of halogens is 1. The van der Waals surface area contributed by atoms with Crippen molar-refractivity contribution in [1.29, 1.82) is 0 Å². The minimum absolute atomic E-state index is 0.278. The number of likely N-dealkylation sites (tertiary alicyclic amines) is 1. The zero-order valence-corrected chi connectivity index (χ0v) is 15.1. The number of benzene rings is 1. The quantitative estimate of drug-likeness (QED) is 0.588. The van der Waals surface area contributed by atoms with E-state index in [-0.39, 0.29) is 5.82 Å². The highest BCUT2D eigenvalue weighted by Gasteiger charge is 2.30. The predicted octanol–water partition coefficient (Wildman–Crippen LogP) is 2.26. The molecule has 0 radical (unpaired) electrons. The molecule has 2 aliphatic rings. The first-order valence-electron chi connectivity index (χ1n) is 8.95. The number of carbonyl (C=O) groups is 2. The van der Waals surface area contributed by atoms with Gasteiger partial charge in [0.15, 0.2) is 5.58 Å². The SMILES string of the molecule is Fc1ccc2c(C3CCN(CC4CO4)CC3)noc2c1.O=C(O)C=CC(=O)O. The van der Waals surface area contributed by atoms with Gasteiger partial charge >= 0.3 is 11.9 Å². The molecular formula is C19H21FN2O6. The largest absolute Gasteiger partial charge is 0.478 e. The summed E-state index contributed by atoms with van der Waals surface area (Å²) in [5.41, 5.74) is 1.54. The van der Waals surface area contributed by atoms with Gasteiger partial charge in [-0.2, -0.15) is 0 Å². The van der Waals surface area contributed by atoms with E-state index >= 15 is 0 Å². The summed E-state index contributed by atoms with van der Waals surface area (Å²) in [6.45, 7) is 4.11. The van der Waals surface area contributed by atoms with Gasteiger partial charge in [-0.05, 0) is 38.1 Å². The third kappa shape index (κ3) is 5.61. The molecule has 0 bridgehead atoms. The number of ether oxygens (including phenoxy) is 1. The minimum atomic E-state index is -1.26. The van der Waals surface area contributed by atoms with Crippen molar-refractivity contribution in [3.05, 3.63) is 41.9 Å². The summed E-state index contributed by atoms with van der Waals surface area (Å²) in [5, 5.41) is 20.8. The Morgan fingerprint density at radius 3 is 2.43 bits per heavy atom. The highest BCUT2D eigenvalue weighted by molar-refractivity contribution is 5.89. The van der Waals surface area contributed by atoms with E-state index in [1.54, 1.807) is 6.07 Å². The Kier molecular flexibility index (Phi) is 6.37. The van der Waals surface area contributed by atoms with Crippen LogP contribution in [0, 0.1) is 5.82 Å². The number of epoxide rings is 1. The molecule has 3 heterocycles. The second-order valence-corrected chi connectivity index (χ2v) is 6.75. The van der Waals surface area contributed by atoms with E-state index in [1.807, 2.05) is 0 Å². The number of hydrogen-bond acceptors (Lipinski definition) is 6. The van der Waals surface area contributed by atoms with Crippen LogP contribution >= 0.6 is 0 Å². The third-order valence-electron chi connectivity index (χ3n) is 4.67. The molecular weight excluding hydrogens is 371 g/mol.